The molecule has 2 fully saturated rings. The number of piperidine rings is 2. The van der Waals surface area contributed by atoms with E-state index in [4.69, 9.17) is 14.7 Å². The van der Waals surface area contributed by atoms with Crippen LogP contribution < -0.4 is 9.47 Å². The Balaban J connectivity index is 1.52. The van der Waals surface area contributed by atoms with Gasteiger partial charge in [-0.1, -0.05) is 58.7 Å². The Labute approximate surface area is 229 Å². The molecule has 2 aromatic carbocycles. The highest BCUT2D eigenvalue weighted by Crippen LogP contribution is 2.43. The van der Waals surface area contributed by atoms with Gasteiger partial charge < -0.3 is 25.0 Å². The smallest absolute Gasteiger partial charge is 0.120 e. The fraction of sp³-hybridized carbons (Fsp3) is 0.688. The maximum atomic E-state index is 13.2. The highest BCUT2D eigenvalue weighted by atomic mass is 16.5. The molecule has 4 atom stereocenters. The third-order valence-corrected chi connectivity index (χ3v) is 9.28. The minimum absolute atomic E-state index is 0.0181. The van der Waals surface area contributed by atoms with E-state index in [9.17, 15) is 5.21 Å². The predicted molar refractivity (Wildman–Crippen MR) is 156 cm³/mol. The van der Waals surface area contributed by atoms with Crippen molar-refractivity contribution in [1.82, 2.24) is 10.1 Å². The third-order valence-electron chi connectivity index (χ3n) is 9.28. The van der Waals surface area contributed by atoms with Gasteiger partial charge in [-0.05, 0) is 73.6 Å². The minimum Gasteiger partial charge on any atom is -0.784 e. The fourth-order valence-corrected chi connectivity index (χ4v) is 6.63. The van der Waals surface area contributed by atoms with E-state index in [1.807, 2.05) is 25.0 Å². The van der Waals surface area contributed by atoms with E-state index >= 15 is 0 Å². The second-order valence-electron chi connectivity index (χ2n) is 13.7. The summed E-state index contributed by atoms with van der Waals surface area (Å²) in [5.74, 6) is 2.76. The van der Waals surface area contributed by atoms with Gasteiger partial charge in [-0.25, -0.2) is 0 Å². The Bertz CT molecular complexity index is 1080. The van der Waals surface area contributed by atoms with Gasteiger partial charge in [-0.15, -0.1) is 0 Å². The second kappa shape index (κ2) is 11.0. The van der Waals surface area contributed by atoms with E-state index in [0.717, 1.165) is 35.1 Å². The van der Waals surface area contributed by atoms with E-state index in [-0.39, 0.29) is 30.2 Å². The van der Waals surface area contributed by atoms with Gasteiger partial charge in [0.2, 0.25) is 0 Å². The molecule has 212 valence electrons. The number of hydroxylamine groups is 4. The highest BCUT2D eigenvalue weighted by Gasteiger charge is 2.45. The largest absolute Gasteiger partial charge is 0.784 e. The minimum atomic E-state index is -0.476. The first-order valence-electron chi connectivity index (χ1n) is 14.6. The molecule has 0 amide bonds. The highest BCUT2D eigenvalue weighted by molar-refractivity contribution is 5.85. The first kappa shape index (κ1) is 29.1. The molecule has 2 aliphatic heterocycles. The van der Waals surface area contributed by atoms with Crippen LogP contribution in [0.25, 0.3) is 10.8 Å². The van der Waals surface area contributed by atoms with Crippen LogP contribution in [0.3, 0.4) is 0 Å². The van der Waals surface area contributed by atoms with Gasteiger partial charge in [0.05, 0.1) is 12.1 Å². The van der Waals surface area contributed by atoms with Crippen LogP contribution in [0.15, 0.2) is 36.4 Å². The van der Waals surface area contributed by atoms with Crippen LogP contribution in [-0.4, -0.2) is 50.7 Å². The topological polar surface area (TPSA) is 70.9 Å². The molecule has 4 unspecified atom stereocenters. The van der Waals surface area contributed by atoms with Crippen molar-refractivity contribution in [2.45, 2.75) is 123 Å². The van der Waals surface area contributed by atoms with Crippen molar-refractivity contribution in [3.05, 3.63) is 41.6 Å². The molecule has 6 nitrogen and oxygen atoms in total. The molecule has 0 saturated carbocycles. The molecule has 2 N–H and O–H groups in total. The Morgan fingerprint density at radius 2 is 1.29 bits per heavy atom. The lowest BCUT2D eigenvalue weighted by molar-refractivity contribution is -0.211. The Morgan fingerprint density at radius 3 is 1.76 bits per heavy atom. The average Bonchev–Trinajstić information content (AvgIpc) is 2.82. The fourth-order valence-electron chi connectivity index (χ4n) is 6.63. The monoisotopic (exact) mass is 526 g/mol. The van der Waals surface area contributed by atoms with Gasteiger partial charge in [0.15, 0.2) is 0 Å². The van der Waals surface area contributed by atoms with Crippen molar-refractivity contribution >= 4 is 10.8 Å². The summed E-state index contributed by atoms with van der Waals surface area (Å²) < 4.78 is 13.1. The molecule has 2 saturated heterocycles. The predicted octanol–water partition coefficient (Wildman–Crippen LogP) is 6.91. The van der Waals surface area contributed by atoms with Crippen LogP contribution in [-0.2, 0) is 0 Å². The van der Waals surface area contributed by atoms with Crippen LogP contribution in [0.4, 0.5) is 0 Å². The maximum absolute atomic E-state index is 13.2. The van der Waals surface area contributed by atoms with Crippen molar-refractivity contribution in [3.8, 4) is 11.5 Å². The van der Waals surface area contributed by atoms with Crippen molar-refractivity contribution in [2.24, 2.45) is 17.8 Å². The van der Waals surface area contributed by atoms with E-state index in [0.29, 0.717) is 24.7 Å². The first-order chi connectivity index (χ1) is 17.7. The molecule has 2 aromatic rings. The summed E-state index contributed by atoms with van der Waals surface area (Å²) in [5.41, 5.74) is -0.934. The molecule has 6 heteroatoms. The van der Waals surface area contributed by atoms with E-state index in [1.54, 1.807) is 0 Å². The van der Waals surface area contributed by atoms with E-state index in [2.05, 4.69) is 78.8 Å². The average molecular weight is 527 g/mol. The van der Waals surface area contributed by atoms with Crippen LogP contribution in [0.1, 0.15) is 88.0 Å². The lowest BCUT2D eigenvalue weighted by Crippen LogP contribution is -2.63. The Morgan fingerprint density at radius 1 is 0.789 bits per heavy atom. The molecule has 0 aromatic heterocycles. The lowest BCUT2D eigenvalue weighted by Gasteiger charge is -2.62. The molecular weight excluding hydrogens is 476 g/mol. The normalized spacial score (nSPS) is 30.9. The van der Waals surface area contributed by atoms with Crippen LogP contribution >= 0.6 is 0 Å². The zero-order valence-corrected chi connectivity index (χ0v) is 25.0. The summed E-state index contributed by atoms with van der Waals surface area (Å²) in [5, 5.41) is 27.2. The van der Waals surface area contributed by atoms with E-state index < -0.39 is 11.1 Å². The zero-order valence-electron chi connectivity index (χ0n) is 25.0. The molecule has 0 bridgehead atoms. The summed E-state index contributed by atoms with van der Waals surface area (Å²) in [6.45, 7) is 19.2. The number of nitrogens with zero attached hydrogens (tertiary/aromatic N) is 2. The van der Waals surface area contributed by atoms with Gasteiger partial charge in [-0.2, -0.15) is 0 Å². The number of hydrogen-bond donors (Lipinski definition) is 0. The molecule has 0 aliphatic carbocycles. The molecule has 0 spiro atoms. The molecule has 38 heavy (non-hydrogen) atoms. The van der Waals surface area contributed by atoms with E-state index in [1.165, 1.54) is 5.06 Å². The van der Waals surface area contributed by atoms with Crippen molar-refractivity contribution in [1.29, 1.82) is 0 Å². The SMILES string of the molecule is CC(C)C1CC(Oc2ccc3ccc(OC4CC(C)(C)N([O-])C(C)(C(C)C)C4)cc3c2)CC(C(C)C)N1[OH2+]. The van der Waals surface area contributed by atoms with Crippen molar-refractivity contribution in [2.75, 3.05) is 0 Å². The number of ether oxygens (including phenoxy) is 2. The van der Waals surface area contributed by atoms with Crippen molar-refractivity contribution in [3.63, 3.8) is 0 Å². The van der Waals surface area contributed by atoms with Gasteiger partial charge in [0.25, 0.3) is 0 Å². The quantitative estimate of drug-likeness (QED) is 0.367. The van der Waals surface area contributed by atoms with Gasteiger partial charge in [0, 0.05) is 36.8 Å². The molecule has 4 rings (SSSR count). The lowest BCUT2D eigenvalue weighted by atomic mass is 9.73. The summed E-state index contributed by atoms with van der Waals surface area (Å²) >= 11 is 0. The summed E-state index contributed by atoms with van der Waals surface area (Å²) in [7, 11) is 0. The molecule has 2 heterocycles. The maximum Gasteiger partial charge on any atom is 0.120 e. The Hall–Kier alpha value is -1.86. The summed E-state index contributed by atoms with van der Waals surface area (Å²) in [6.07, 6.45) is 3.23. The zero-order chi connectivity index (χ0) is 28.0. The van der Waals surface area contributed by atoms with Crippen LogP contribution in [0, 0.1) is 23.0 Å². The van der Waals surface area contributed by atoms with Gasteiger partial charge in [0.1, 0.15) is 23.7 Å². The Kier molecular flexibility index (Phi) is 8.40. The molecular formula is C32H50N2O4. The summed E-state index contributed by atoms with van der Waals surface area (Å²) in [6, 6.07) is 12.9. The number of hydrogen-bond acceptors (Lipinski definition) is 5. The van der Waals surface area contributed by atoms with Crippen molar-refractivity contribution < 1.29 is 14.7 Å². The number of benzene rings is 2. The van der Waals surface area contributed by atoms with Crippen LogP contribution in [0.2, 0.25) is 0 Å². The van der Waals surface area contributed by atoms with Gasteiger partial charge in [-0.3, -0.25) is 0 Å². The van der Waals surface area contributed by atoms with Gasteiger partial charge >= 0.3 is 0 Å². The standard InChI is InChI=1S/C32H49N2O4/c1-20(2)29-16-27(17-30(21(3)4)33(29)35)37-25-12-10-23-11-13-26(15-24(23)14-25)38-28-18-31(7,8)34(36)32(9,19-28)22(5)6/h10-15,20-22,27-30,35H,16-19H2,1-9H3/q-1/p+1. The molecule has 0 radical (unpaired) electrons. The second-order valence-corrected chi connectivity index (χ2v) is 13.7. The molecule has 2 aliphatic rings. The third kappa shape index (κ3) is 5.84. The number of rotatable bonds is 7. The van der Waals surface area contributed by atoms with Crippen LogP contribution in [0.5, 0.6) is 11.5 Å². The first-order valence-corrected chi connectivity index (χ1v) is 14.6. The summed E-state index contributed by atoms with van der Waals surface area (Å²) in [4.78, 5) is 0. The number of fused-ring (bicyclic) bond motifs is 1.